The Morgan fingerprint density at radius 2 is 1.50 bits per heavy atom. The number of anilines is 1. The maximum absolute atomic E-state index is 12.2. The zero-order valence-corrected chi connectivity index (χ0v) is 14.9. The van der Waals surface area contributed by atoms with Crippen molar-refractivity contribution in [1.82, 2.24) is 5.32 Å². The molecule has 0 aliphatic heterocycles. The van der Waals surface area contributed by atoms with E-state index in [-0.39, 0.29) is 11.7 Å². The summed E-state index contributed by atoms with van der Waals surface area (Å²) in [5.74, 6) is -0.203. The first-order chi connectivity index (χ1) is 11.2. The number of rotatable bonds is 6. The summed E-state index contributed by atoms with van der Waals surface area (Å²) < 4.78 is 22.5. The highest BCUT2D eigenvalue weighted by molar-refractivity contribution is 7.89. The van der Waals surface area contributed by atoms with Gasteiger partial charge in [0.25, 0.3) is 5.91 Å². The summed E-state index contributed by atoms with van der Waals surface area (Å²) in [7, 11) is 0.883. The van der Waals surface area contributed by atoms with E-state index in [9.17, 15) is 13.2 Å². The minimum atomic E-state index is -3.07. The van der Waals surface area contributed by atoms with Gasteiger partial charge in [-0.3, -0.25) is 4.79 Å². The third-order valence-corrected chi connectivity index (χ3v) is 4.41. The number of sulfone groups is 1. The predicted molar refractivity (Wildman–Crippen MR) is 96.9 cm³/mol. The van der Waals surface area contributed by atoms with E-state index >= 15 is 0 Å². The normalized spacial score (nSPS) is 11.1. The largest absolute Gasteiger partial charge is 0.378 e. The van der Waals surface area contributed by atoms with Crippen LogP contribution in [0.3, 0.4) is 0 Å². The Balaban J connectivity index is 1.94. The summed E-state index contributed by atoms with van der Waals surface area (Å²) >= 11 is 0. The SMILES string of the molecule is CN(C)c1ccc(CNC(=O)c2ccc(CS(C)(=O)=O)cc2)cc1. The van der Waals surface area contributed by atoms with Crippen LogP contribution in [0.4, 0.5) is 5.69 Å². The Morgan fingerprint density at radius 3 is 2.00 bits per heavy atom. The zero-order chi connectivity index (χ0) is 17.7. The van der Waals surface area contributed by atoms with Crippen LogP contribution in [0.5, 0.6) is 0 Å². The molecular formula is C18H22N2O3S. The molecule has 1 N–H and O–H groups in total. The smallest absolute Gasteiger partial charge is 0.251 e. The standard InChI is InChI=1S/C18H22N2O3S/c1-20(2)17-10-6-14(7-11-17)12-19-18(21)16-8-4-15(5-9-16)13-24(3,22)23/h4-11H,12-13H2,1-3H3,(H,19,21). The van der Waals surface area contributed by atoms with Crippen molar-refractivity contribution in [1.29, 1.82) is 0 Å². The quantitative estimate of drug-likeness (QED) is 0.871. The molecule has 6 heteroatoms. The van der Waals surface area contributed by atoms with E-state index in [1.165, 1.54) is 6.26 Å². The summed E-state index contributed by atoms with van der Waals surface area (Å²) in [6.45, 7) is 0.442. The molecule has 5 nitrogen and oxygen atoms in total. The van der Waals surface area contributed by atoms with E-state index in [1.807, 2.05) is 43.3 Å². The number of carbonyl (C=O) groups is 1. The Hall–Kier alpha value is -2.34. The van der Waals surface area contributed by atoms with E-state index in [4.69, 9.17) is 0 Å². The van der Waals surface area contributed by atoms with Crippen LogP contribution >= 0.6 is 0 Å². The molecular weight excluding hydrogens is 324 g/mol. The lowest BCUT2D eigenvalue weighted by Crippen LogP contribution is -2.22. The van der Waals surface area contributed by atoms with Gasteiger partial charge in [-0.1, -0.05) is 24.3 Å². The van der Waals surface area contributed by atoms with Crippen molar-refractivity contribution in [2.75, 3.05) is 25.3 Å². The molecule has 24 heavy (non-hydrogen) atoms. The molecule has 0 atom stereocenters. The fraction of sp³-hybridized carbons (Fsp3) is 0.278. The molecule has 0 saturated heterocycles. The highest BCUT2D eigenvalue weighted by Gasteiger charge is 2.08. The number of benzene rings is 2. The molecule has 0 spiro atoms. The maximum atomic E-state index is 12.2. The number of nitrogens with zero attached hydrogens (tertiary/aromatic N) is 1. The van der Waals surface area contributed by atoms with Gasteiger partial charge in [0.15, 0.2) is 9.84 Å². The van der Waals surface area contributed by atoms with Crippen LogP contribution in [0.1, 0.15) is 21.5 Å². The van der Waals surface area contributed by atoms with Crippen molar-refractivity contribution in [3.8, 4) is 0 Å². The van der Waals surface area contributed by atoms with Gasteiger partial charge in [-0.25, -0.2) is 8.42 Å². The molecule has 2 rings (SSSR count). The molecule has 1 amide bonds. The molecule has 2 aromatic carbocycles. The van der Waals surface area contributed by atoms with Crippen molar-refractivity contribution in [2.24, 2.45) is 0 Å². The zero-order valence-electron chi connectivity index (χ0n) is 14.1. The fourth-order valence-electron chi connectivity index (χ4n) is 2.25. The molecule has 0 bridgehead atoms. The minimum Gasteiger partial charge on any atom is -0.378 e. The topological polar surface area (TPSA) is 66.5 Å². The van der Waals surface area contributed by atoms with Crippen molar-refractivity contribution >= 4 is 21.4 Å². The van der Waals surface area contributed by atoms with Gasteiger partial charge >= 0.3 is 0 Å². The van der Waals surface area contributed by atoms with E-state index < -0.39 is 9.84 Å². The third kappa shape index (κ3) is 5.38. The number of nitrogens with one attached hydrogen (secondary N) is 1. The Morgan fingerprint density at radius 1 is 0.958 bits per heavy atom. The van der Waals surface area contributed by atoms with Gasteiger partial charge in [0, 0.05) is 38.1 Å². The molecule has 2 aromatic rings. The van der Waals surface area contributed by atoms with E-state index in [1.54, 1.807) is 24.3 Å². The van der Waals surface area contributed by atoms with E-state index in [2.05, 4.69) is 5.32 Å². The summed E-state index contributed by atoms with van der Waals surface area (Å²) in [6, 6.07) is 14.6. The second-order valence-corrected chi connectivity index (χ2v) is 8.15. The third-order valence-electron chi connectivity index (χ3n) is 3.55. The summed E-state index contributed by atoms with van der Waals surface area (Å²) in [5, 5.41) is 2.86. The summed E-state index contributed by atoms with van der Waals surface area (Å²) in [5.41, 5.74) is 3.31. The second-order valence-electron chi connectivity index (χ2n) is 6.01. The van der Waals surface area contributed by atoms with Crippen LogP contribution < -0.4 is 10.2 Å². The predicted octanol–water partition coefficient (Wildman–Crippen LogP) is 2.23. The van der Waals surface area contributed by atoms with Crippen LogP contribution in [-0.2, 0) is 22.1 Å². The van der Waals surface area contributed by atoms with Crippen LogP contribution in [0.2, 0.25) is 0 Å². The lowest BCUT2D eigenvalue weighted by molar-refractivity contribution is 0.0951. The summed E-state index contributed by atoms with van der Waals surface area (Å²) in [4.78, 5) is 14.2. The Bertz CT molecular complexity index is 795. The molecule has 0 saturated carbocycles. The molecule has 0 aromatic heterocycles. The van der Waals surface area contributed by atoms with Crippen LogP contribution in [-0.4, -0.2) is 34.7 Å². The average molecular weight is 346 g/mol. The fourth-order valence-corrected chi connectivity index (χ4v) is 3.05. The van der Waals surface area contributed by atoms with Gasteiger partial charge < -0.3 is 10.2 Å². The molecule has 0 aliphatic carbocycles. The highest BCUT2D eigenvalue weighted by atomic mass is 32.2. The number of amides is 1. The van der Waals surface area contributed by atoms with Gasteiger partial charge in [0.05, 0.1) is 5.75 Å². The highest BCUT2D eigenvalue weighted by Crippen LogP contribution is 2.12. The second kappa shape index (κ2) is 7.49. The number of hydrogen-bond acceptors (Lipinski definition) is 4. The van der Waals surface area contributed by atoms with Crippen LogP contribution in [0.15, 0.2) is 48.5 Å². The van der Waals surface area contributed by atoms with Crippen molar-refractivity contribution in [3.05, 3.63) is 65.2 Å². The lowest BCUT2D eigenvalue weighted by atomic mass is 10.1. The molecule has 0 heterocycles. The Kier molecular flexibility index (Phi) is 5.62. The van der Waals surface area contributed by atoms with Crippen molar-refractivity contribution in [3.63, 3.8) is 0 Å². The number of hydrogen-bond donors (Lipinski definition) is 1. The van der Waals surface area contributed by atoms with E-state index in [0.29, 0.717) is 17.7 Å². The van der Waals surface area contributed by atoms with Gasteiger partial charge in [-0.05, 0) is 35.4 Å². The van der Waals surface area contributed by atoms with E-state index in [0.717, 1.165) is 11.3 Å². The molecule has 0 aliphatic rings. The summed E-state index contributed by atoms with van der Waals surface area (Å²) in [6.07, 6.45) is 1.19. The van der Waals surface area contributed by atoms with Crippen molar-refractivity contribution < 1.29 is 13.2 Å². The first-order valence-corrected chi connectivity index (χ1v) is 9.62. The molecule has 0 unspecified atom stereocenters. The number of carbonyl (C=O) groups excluding carboxylic acids is 1. The molecule has 0 fully saturated rings. The first kappa shape index (κ1) is 18.0. The lowest BCUT2D eigenvalue weighted by Gasteiger charge is -2.13. The van der Waals surface area contributed by atoms with Gasteiger partial charge in [0.2, 0.25) is 0 Å². The van der Waals surface area contributed by atoms with Gasteiger partial charge in [0.1, 0.15) is 0 Å². The van der Waals surface area contributed by atoms with Crippen LogP contribution in [0.25, 0.3) is 0 Å². The van der Waals surface area contributed by atoms with Crippen molar-refractivity contribution in [2.45, 2.75) is 12.3 Å². The minimum absolute atomic E-state index is 0.0207. The Labute approximate surface area is 143 Å². The van der Waals surface area contributed by atoms with Gasteiger partial charge in [-0.15, -0.1) is 0 Å². The van der Waals surface area contributed by atoms with Crippen LogP contribution in [0, 0.1) is 0 Å². The monoisotopic (exact) mass is 346 g/mol. The molecule has 0 radical (unpaired) electrons. The molecule has 128 valence electrons. The maximum Gasteiger partial charge on any atom is 0.251 e. The average Bonchev–Trinajstić information content (AvgIpc) is 2.52. The van der Waals surface area contributed by atoms with Gasteiger partial charge in [-0.2, -0.15) is 0 Å². The first-order valence-electron chi connectivity index (χ1n) is 7.56.